The summed E-state index contributed by atoms with van der Waals surface area (Å²) < 4.78 is 5.38. The van der Waals surface area contributed by atoms with E-state index in [9.17, 15) is 14.7 Å². The average Bonchev–Trinajstić information content (AvgIpc) is 3.37. The van der Waals surface area contributed by atoms with Crippen LogP contribution in [0.3, 0.4) is 0 Å². The molecule has 0 radical (unpaired) electrons. The number of aryl methyl sites for hydroxylation is 1. The fraction of sp³-hybridized carbons (Fsp3) is 0.391. The summed E-state index contributed by atoms with van der Waals surface area (Å²) in [5.74, 6) is -1.26. The first-order valence-electron chi connectivity index (χ1n) is 10.2. The Bertz CT molecular complexity index is 931. The monoisotopic (exact) mass is 426 g/mol. The van der Waals surface area contributed by atoms with Crippen LogP contribution >= 0.6 is 11.3 Å². The standard InChI is InChI=1S/C23H26N2O4S/c1-16-5-7-17(8-6-16)21(26)19-20(18-4-2-15-30-18)25(23(28)22(19)27)10-3-9-24-11-13-29-14-12-24/h2,4-8,15,20,26H,3,9-14H2,1H3/t20-/m0/s1. The van der Waals surface area contributed by atoms with Gasteiger partial charge >= 0.3 is 0 Å². The van der Waals surface area contributed by atoms with Crippen molar-refractivity contribution in [2.75, 3.05) is 39.4 Å². The molecule has 1 amide bonds. The summed E-state index contributed by atoms with van der Waals surface area (Å²) in [6.07, 6.45) is 0.763. The van der Waals surface area contributed by atoms with Gasteiger partial charge in [0.15, 0.2) is 0 Å². The molecule has 1 aromatic carbocycles. The van der Waals surface area contributed by atoms with Gasteiger partial charge in [0, 0.05) is 36.6 Å². The highest BCUT2D eigenvalue weighted by Crippen LogP contribution is 2.41. The number of benzene rings is 1. The van der Waals surface area contributed by atoms with E-state index >= 15 is 0 Å². The molecule has 0 unspecified atom stereocenters. The molecule has 0 saturated carbocycles. The Labute approximate surface area is 180 Å². The van der Waals surface area contributed by atoms with Crippen molar-refractivity contribution in [2.45, 2.75) is 19.4 Å². The lowest BCUT2D eigenvalue weighted by molar-refractivity contribution is -0.140. The molecule has 3 heterocycles. The van der Waals surface area contributed by atoms with Crippen molar-refractivity contribution in [2.24, 2.45) is 0 Å². The minimum Gasteiger partial charge on any atom is -0.507 e. The zero-order valence-corrected chi connectivity index (χ0v) is 17.9. The van der Waals surface area contributed by atoms with Crippen molar-refractivity contribution in [1.29, 1.82) is 0 Å². The summed E-state index contributed by atoms with van der Waals surface area (Å²) in [6.45, 7) is 6.52. The largest absolute Gasteiger partial charge is 0.507 e. The molecule has 2 aliphatic rings. The van der Waals surface area contributed by atoms with Crippen LogP contribution in [0.4, 0.5) is 0 Å². The van der Waals surface area contributed by atoms with Gasteiger partial charge in [-0.15, -0.1) is 11.3 Å². The normalized spacial score (nSPS) is 22.0. The molecule has 0 aliphatic carbocycles. The van der Waals surface area contributed by atoms with Crippen LogP contribution < -0.4 is 0 Å². The number of morpholine rings is 1. The number of ether oxygens (including phenoxy) is 1. The number of hydrogen-bond donors (Lipinski definition) is 1. The third-order valence-electron chi connectivity index (χ3n) is 5.65. The van der Waals surface area contributed by atoms with Crippen LogP contribution in [0.25, 0.3) is 5.76 Å². The first kappa shape index (κ1) is 20.8. The third kappa shape index (κ3) is 4.19. The fourth-order valence-electron chi connectivity index (χ4n) is 4.01. The molecule has 158 valence electrons. The molecular formula is C23H26N2O4S. The summed E-state index contributed by atoms with van der Waals surface area (Å²) in [6, 6.07) is 10.6. The maximum absolute atomic E-state index is 12.9. The smallest absolute Gasteiger partial charge is 0.295 e. The number of aliphatic hydroxyl groups is 1. The maximum atomic E-state index is 12.9. The predicted octanol–water partition coefficient (Wildman–Crippen LogP) is 3.20. The van der Waals surface area contributed by atoms with E-state index in [2.05, 4.69) is 4.90 Å². The van der Waals surface area contributed by atoms with Crippen LogP contribution in [0, 0.1) is 6.92 Å². The average molecular weight is 427 g/mol. The zero-order valence-electron chi connectivity index (χ0n) is 17.0. The second-order valence-electron chi connectivity index (χ2n) is 7.68. The summed E-state index contributed by atoms with van der Waals surface area (Å²) >= 11 is 1.49. The fourth-order valence-corrected chi connectivity index (χ4v) is 4.86. The number of carbonyl (C=O) groups is 2. The Morgan fingerprint density at radius 1 is 1.13 bits per heavy atom. The van der Waals surface area contributed by atoms with Crippen molar-refractivity contribution in [3.8, 4) is 0 Å². The number of aliphatic hydroxyl groups excluding tert-OH is 1. The van der Waals surface area contributed by atoms with Crippen molar-refractivity contribution >= 4 is 28.8 Å². The second-order valence-corrected chi connectivity index (χ2v) is 8.66. The van der Waals surface area contributed by atoms with Gasteiger partial charge < -0.3 is 14.7 Å². The van der Waals surface area contributed by atoms with Crippen molar-refractivity contribution in [3.05, 3.63) is 63.4 Å². The Morgan fingerprint density at radius 3 is 2.53 bits per heavy atom. The Balaban J connectivity index is 1.61. The van der Waals surface area contributed by atoms with E-state index in [1.54, 1.807) is 17.0 Å². The molecule has 1 aromatic heterocycles. The van der Waals surface area contributed by atoms with Gasteiger partial charge in [0.1, 0.15) is 5.76 Å². The van der Waals surface area contributed by atoms with E-state index in [1.807, 2.05) is 36.6 Å². The second kappa shape index (κ2) is 9.12. The number of likely N-dealkylation sites (tertiary alicyclic amines) is 1. The number of amides is 1. The molecular weight excluding hydrogens is 400 g/mol. The molecule has 1 N–H and O–H groups in total. The molecule has 30 heavy (non-hydrogen) atoms. The number of nitrogens with zero attached hydrogens (tertiary/aromatic N) is 2. The van der Waals surface area contributed by atoms with Crippen LogP contribution in [0.5, 0.6) is 0 Å². The summed E-state index contributed by atoms with van der Waals surface area (Å²) in [4.78, 5) is 30.6. The number of carbonyl (C=O) groups excluding carboxylic acids is 2. The molecule has 0 bridgehead atoms. The number of hydrogen-bond acceptors (Lipinski definition) is 6. The quantitative estimate of drug-likeness (QED) is 0.436. The SMILES string of the molecule is Cc1ccc(C(O)=C2C(=O)C(=O)N(CCCN3CCOCC3)[C@H]2c2cccs2)cc1. The lowest BCUT2D eigenvalue weighted by atomic mass is 9.99. The Morgan fingerprint density at radius 2 is 1.87 bits per heavy atom. The van der Waals surface area contributed by atoms with E-state index < -0.39 is 17.7 Å². The van der Waals surface area contributed by atoms with E-state index in [4.69, 9.17) is 4.74 Å². The zero-order chi connectivity index (χ0) is 21.1. The molecule has 1 atom stereocenters. The highest BCUT2D eigenvalue weighted by Gasteiger charge is 2.46. The van der Waals surface area contributed by atoms with Crippen LogP contribution in [0.15, 0.2) is 47.4 Å². The lowest BCUT2D eigenvalue weighted by Crippen LogP contribution is -2.38. The van der Waals surface area contributed by atoms with Gasteiger partial charge in [-0.3, -0.25) is 14.5 Å². The van der Waals surface area contributed by atoms with Gasteiger partial charge in [-0.25, -0.2) is 0 Å². The molecule has 7 heteroatoms. The molecule has 2 saturated heterocycles. The van der Waals surface area contributed by atoms with Crippen LogP contribution in [-0.4, -0.2) is 66.0 Å². The Hall–Kier alpha value is -2.48. The minimum absolute atomic E-state index is 0.109. The van der Waals surface area contributed by atoms with Crippen LogP contribution in [0.1, 0.15) is 28.5 Å². The Kier molecular flexibility index (Phi) is 6.32. The van der Waals surface area contributed by atoms with Gasteiger partial charge in [-0.2, -0.15) is 0 Å². The van der Waals surface area contributed by atoms with E-state index in [-0.39, 0.29) is 11.3 Å². The topological polar surface area (TPSA) is 70.1 Å². The van der Waals surface area contributed by atoms with Gasteiger partial charge in [0.2, 0.25) is 0 Å². The molecule has 2 aromatic rings. The molecule has 6 nitrogen and oxygen atoms in total. The van der Waals surface area contributed by atoms with E-state index in [1.165, 1.54) is 11.3 Å². The van der Waals surface area contributed by atoms with E-state index in [0.717, 1.165) is 49.7 Å². The van der Waals surface area contributed by atoms with Gasteiger partial charge in [-0.05, 0) is 24.8 Å². The van der Waals surface area contributed by atoms with Gasteiger partial charge in [0.05, 0.1) is 24.8 Å². The molecule has 4 rings (SSSR count). The van der Waals surface area contributed by atoms with Crippen molar-refractivity contribution < 1.29 is 19.4 Å². The number of ketones is 1. The maximum Gasteiger partial charge on any atom is 0.295 e. The number of rotatable bonds is 6. The van der Waals surface area contributed by atoms with Crippen LogP contribution in [-0.2, 0) is 14.3 Å². The molecule has 2 aliphatic heterocycles. The number of thiophene rings is 1. The summed E-state index contributed by atoms with van der Waals surface area (Å²) in [5.41, 5.74) is 1.79. The summed E-state index contributed by atoms with van der Waals surface area (Å²) in [7, 11) is 0. The summed E-state index contributed by atoms with van der Waals surface area (Å²) in [5, 5.41) is 12.9. The third-order valence-corrected chi connectivity index (χ3v) is 6.58. The lowest BCUT2D eigenvalue weighted by Gasteiger charge is -2.28. The molecule has 2 fully saturated rings. The highest BCUT2D eigenvalue weighted by atomic mass is 32.1. The van der Waals surface area contributed by atoms with Crippen molar-refractivity contribution in [3.63, 3.8) is 0 Å². The first-order chi connectivity index (χ1) is 14.6. The predicted molar refractivity (Wildman–Crippen MR) is 116 cm³/mol. The van der Waals surface area contributed by atoms with E-state index in [0.29, 0.717) is 12.1 Å². The first-order valence-corrected chi connectivity index (χ1v) is 11.1. The van der Waals surface area contributed by atoms with Gasteiger partial charge in [0.25, 0.3) is 11.7 Å². The minimum atomic E-state index is -0.613. The number of Topliss-reactive ketones (excluding diaryl/α,β-unsaturated/α-hetero) is 1. The molecule has 0 spiro atoms. The highest BCUT2D eigenvalue weighted by molar-refractivity contribution is 7.10. The van der Waals surface area contributed by atoms with Crippen molar-refractivity contribution in [1.82, 2.24) is 9.80 Å². The van der Waals surface area contributed by atoms with Gasteiger partial charge in [-0.1, -0.05) is 35.9 Å². The van der Waals surface area contributed by atoms with Crippen LogP contribution in [0.2, 0.25) is 0 Å².